The predicted molar refractivity (Wildman–Crippen MR) is 49.8 cm³/mol. The van der Waals surface area contributed by atoms with Crippen molar-refractivity contribution in [2.45, 2.75) is 43.4 Å². The molecule has 0 saturated carbocycles. The molecule has 98 valence electrons. The van der Waals surface area contributed by atoms with Crippen LogP contribution in [0.2, 0.25) is 0 Å². The van der Waals surface area contributed by atoms with Gasteiger partial charge in [0.05, 0.1) is 6.61 Å². The largest absolute Gasteiger partial charge is 0.477 e. The van der Waals surface area contributed by atoms with Crippen molar-refractivity contribution in [1.82, 2.24) is 0 Å². The average Bonchev–Trinajstić information content (AvgIpc) is 2.27. The summed E-state index contributed by atoms with van der Waals surface area (Å²) in [5.74, 6) is -3.24. The van der Waals surface area contributed by atoms with Gasteiger partial charge < -0.3 is 34.6 Å². The summed E-state index contributed by atoms with van der Waals surface area (Å²) in [6, 6.07) is 0. The number of ether oxygens (including phenoxy) is 3. The van der Waals surface area contributed by atoms with Crippen LogP contribution < -0.4 is 0 Å². The number of aliphatic hydroxyl groups excluding tert-OH is 3. The van der Waals surface area contributed by atoms with Crippen LogP contribution in [0.15, 0.2) is 0 Å². The van der Waals surface area contributed by atoms with Gasteiger partial charge in [-0.15, -0.1) is 0 Å². The van der Waals surface area contributed by atoms with Gasteiger partial charge in [-0.05, 0) is 0 Å². The van der Waals surface area contributed by atoms with Gasteiger partial charge in [0.15, 0.2) is 6.29 Å². The maximum Gasteiger partial charge on any atom is 0.364 e. The number of hydrogen-bond donors (Lipinski definition) is 4. The third-order valence-electron chi connectivity index (χ3n) is 2.93. The minimum Gasteiger partial charge on any atom is -0.477 e. The summed E-state index contributed by atoms with van der Waals surface area (Å²) >= 11 is 0. The Balaban J connectivity index is 2.16. The number of rotatable bonds is 1. The van der Waals surface area contributed by atoms with Crippen molar-refractivity contribution in [1.29, 1.82) is 0 Å². The molecule has 2 aliphatic rings. The van der Waals surface area contributed by atoms with Crippen molar-refractivity contribution in [3.8, 4) is 0 Å². The van der Waals surface area contributed by atoms with Crippen molar-refractivity contribution < 1.29 is 39.4 Å². The van der Waals surface area contributed by atoms with Gasteiger partial charge in [0.1, 0.15) is 24.4 Å². The second-order valence-corrected chi connectivity index (χ2v) is 4.19. The Morgan fingerprint density at radius 1 is 1.29 bits per heavy atom. The topological polar surface area (TPSA) is 126 Å². The van der Waals surface area contributed by atoms with E-state index in [-0.39, 0.29) is 6.61 Å². The van der Waals surface area contributed by atoms with Crippen LogP contribution in [-0.4, -0.2) is 69.5 Å². The fourth-order valence-corrected chi connectivity index (χ4v) is 1.85. The zero-order chi connectivity index (χ0) is 12.8. The van der Waals surface area contributed by atoms with Gasteiger partial charge in [-0.25, -0.2) is 4.79 Å². The third-order valence-corrected chi connectivity index (χ3v) is 2.93. The first-order valence-electron chi connectivity index (χ1n) is 5.10. The zero-order valence-corrected chi connectivity index (χ0v) is 9.02. The van der Waals surface area contributed by atoms with Gasteiger partial charge in [-0.1, -0.05) is 0 Å². The molecule has 8 nitrogen and oxygen atoms in total. The Hall–Kier alpha value is -0.770. The number of carboxylic acid groups (broad SMARTS) is 1. The van der Waals surface area contributed by atoms with Crippen molar-refractivity contribution in [3.63, 3.8) is 0 Å². The molecule has 0 amide bonds. The maximum absolute atomic E-state index is 10.9. The van der Waals surface area contributed by atoms with E-state index in [4.69, 9.17) is 19.3 Å². The highest BCUT2D eigenvalue weighted by Gasteiger charge is 2.53. The Morgan fingerprint density at radius 2 is 1.94 bits per heavy atom. The van der Waals surface area contributed by atoms with Crippen molar-refractivity contribution >= 4 is 5.97 Å². The highest BCUT2D eigenvalue weighted by molar-refractivity contribution is 5.75. The van der Waals surface area contributed by atoms with E-state index in [0.717, 1.165) is 0 Å². The first kappa shape index (κ1) is 12.7. The van der Waals surface area contributed by atoms with Crippen LogP contribution in [0.25, 0.3) is 0 Å². The average molecular weight is 250 g/mol. The van der Waals surface area contributed by atoms with E-state index in [1.807, 2.05) is 0 Å². The lowest BCUT2D eigenvalue weighted by Gasteiger charge is -2.47. The number of carboxylic acids is 1. The van der Waals surface area contributed by atoms with Crippen molar-refractivity contribution in [3.05, 3.63) is 0 Å². The fourth-order valence-electron chi connectivity index (χ4n) is 1.85. The van der Waals surface area contributed by atoms with Gasteiger partial charge in [-0.2, -0.15) is 0 Å². The lowest BCUT2D eigenvalue weighted by atomic mass is 9.97. The van der Waals surface area contributed by atoms with Gasteiger partial charge >= 0.3 is 5.97 Å². The lowest BCUT2D eigenvalue weighted by Crippen LogP contribution is -2.66. The molecule has 0 radical (unpaired) electrons. The number of hydrogen-bond acceptors (Lipinski definition) is 7. The fraction of sp³-hybridized carbons (Fsp3) is 0.889. The molecule has 2 aliphatic heterocycles. The van der Waals surface area contributed by atoms with E-state index >= 15 is 0 Å². The highest BCUT2D eigenvalue weighted by Crippen LogP contribution is 2.32. The molecule has 0 bridgehead atoms. The van der Waals surface area contributed by atoms with Crippen molar-refractivity contribution in [2.24, 2.45) is 0 Å². The van der Waals surface area contributed by atoms with Crippen molar-refractivity contribution in [2.75, 3.05) is 6.61 Å². The summed E-state index contributed by atoms with van der Waals surface area (Å²) in [5, 5.41) is 37.3. The minimum atomic E-state index is -1.90. The first-order chi connectivity index (χ1) is 7.85. The monoisotopic (exact) mass is 250 g/mol. The van der Waals surface area contributed by atoms with E-state index in [0.29, 0.717) is 0 Å². The molecule has 2 saturated heterocycles. The Bertz CT molecular complexity index is 318. The Labute approximate surface area is 96.3 Å². The maximum atomic E-state index is 10.9. The van der Waals surface area contributed by atoms with Crippen LogP contribution in [-0.2, 0) is 19.0 Å². The summed E-state index contributed by atoms with van der Waals surface area (Å²) in [4.78, 5) is 10.9. The van der Waals surface area contributed by atoms with Gasteiger partial charge in [0, 0.05) is 6.92 Å². The Kier molecular flexibility index (Phi) is 3.10. The summed E-state index contributed by atoms with van der Waals surface area (Å²) in [5.41, 5.74) is 0. The molecule has 0 unspecified atom stereocenters. The van der Waals surface area contributed by atoms with Crippen LogP contribution in [0.3, 0.4) is 0 Å². The third kappa shape index (κ3) is 2.03. The molecule has 4 N–H and O–H groups in total. The Morgan fingerprint density at radius 3 is 2.53 bits per heavy atom. The molecule has 6 atom stereocenters. The summed E-state index contributed by atoms with van der Waals surface area (Å²) in [6.07, 6.45) is -6.43. The SMILES string of the molecule is C[C@]1(C(=O)O)OC[C@H]2O[C@@H](O)[C@H](O)[C@@H](O)[C@H]2O1. The molecule has 0 aromatic rings. The van der Waals surface area contributed by atoms with Gasteiger partial charge in [-0.3, -0.25) is 0 Å². The molecule has 2 fully saturated rings. The first-order valence-corrected chi connectivity index (χ1v) is 5.10. The standard InChI is InChI=1S/C9H14O8/c1-9(8(13)14)15-2-3-6(17-9)4(10)5(11)7(12)16-3/h3-7,10-12H,2H2,1H3,(H,13,14)/t3-,4-,5-,6+,7-,9+/m1/s1. The van der Waals surface area contributed by atoms with Gasteiger partial charge in [0.2, 0.25) is 0 Å². The van der Waals surface area contributed by atoms with Crippen LogP contribution in [0.1, 0.15) is 6.92 Å². The highest BCUT2D eigenvalue weighted by atomic mass is 16.8. The van der Waals surface area contributed by atoms with Crippen LogP contribution in [0, 0.1) is 0 Å². The second-order valence-electron chi connectivity index (χ2n) is 4.19. The van der Waals surface area contributed by atoms with E-state index in [1.165, 1.54) is 6.92 Å². The van der Waals surface area contributed by atoms with E-state index in [1.54, 1.807) is 0 Å². The molecule has 2 rings (SSSR count). The number of aliphatic carboxylic acids is 1. The molecule has 0 aliphatic carbocycles. The van der Waals surface area contributed by atoms with E-state index in [2.05, 4.69) is 0 Å². The molecule has 0 aromatic carbocycles. The summed E-state index contributed by atoms with van der Waals surface area (Å²) in [6.45, 7) is 1.03. The summed E-state index contributed by atoms with van der Waals surface area (Å²) in [7, 11) is 0. The van der Waals surface area contributed by atoms with E-state index < -0.39 is 42.5 Å². The quantitative estimate of drug-likeness (QED) is 0.407. The van der Waals surface area contributed by atoms with Crippen LogP contribution >= 0.6 is 0 Å². The second kappa shape index (κ2) is 4.16. The van der Waals surface area contributed by atoms with Gasteiger partial charge in [0.25, 0.3) is 5.79 Å². The molecule has 2 heterocycles. The normalized spacial score (nSPS) is 50.7. The number of carbonyl (C=O) groups is 1. The van der Waals surface area contributed by atoms with Crippen LogP contribution in [0.4, 0.5) is 0 Å². The molecule has 0 spiro atoms. The molecule has 0 aromatic heterocycles. The molecule has 8 heteroatoms. The summed E-state index contributed by atoms with van der Waals surface area (Å²) < 4.78 is 15.0. The number of aliphatic hydroxyl groups is 3. The number of fused-ring (bicyclic) bond motifs is 1. The molecule has 17 heavy (non-hydrogen) atoms. The van der Waals surface area contributed by atoms with E-state index in [9.17, 15) is 20.1 Å². The smallest absolute Gasteiger partial charge is 0.364 e. The molecular weight excluding hydrogens is 236 g/mol. The van der Waals surface area contributed by atoms with Crippen LogP contribution in [0.5, 0.6) is 0 Å². The molecular formula is C9H14O8. The minimum absolute atomic E-state index is 0.158. The zero-order valence-electron chi connectivity index (χ0n) is 9.02. The predicted octanol–water partition coefficient (Wildman–Crippen LogP) is -2.36. The lowest BCUT2D eigenvalue weighted by molar-refractivity contribution is -0.373.